The average molecular weight is 294 g/mol. The molecule has 0 spiro atoms. The van der Waals surface area contributed by atoms with Crippen molar-refractivity contribution in [1.82, 2.24) is 4.90 Å². The normalized spacial score (nSPS) is 19.3. The molecule has 5 heteroatoms. The predicted molar refractivity (Wildman–Crippen MR) is 81.2 cm³/mol. The number of imide groups is 1. The van der Waals surface area contributed by atoms with E-state index in [4.69, 9.17) is 4.74 Å². The van der Waals surface area contributed by atoms with Crippen LogP contribution in [0.4, 0.5) is 5.69 Å². The third kappa shape index (κ3) is 1.94. The Balaban J connectivity index is 1.54. The molecule has 2 aliphatic rings. The minimum Gasteiger partial charge on any atom is -0.489 e. The summed E-state index contributed by atoms with van der Waals surface area (Å²) in [5.74, 6) is 0.323. The number of hydrogen-bond acceptors (Lipinski definition) is 4. The van der Waals surface area contributed by atoms with Crippen LogP contribution in [0.1, 0.15) is 20.7 Å². The predicted octanol–water partition coefficient (Wildman–Crippen LogP) is 2.16. The zero-order chi connectivity index (χ0) is 15.1. The van der Waals surface area contributed by atoms with Crippen LogP contribution in [0.2, 0.25) is 0 Å². The van der Waals surface area contributed by atoms with E-state index < -0.39 is 0 Å². The first-order chi connectivity index (χ1) is 10.7. The Bertz CT molecular complexity index is 737. The highest BCUT2D eigenvalue weighted by molar-refractivity contribution is 6.21. The quantitative estimate of drug-likeness (QED) is 0.862. The van der Waals surface area contributed by atoms with Crippen molar-refractivity contribution in [2.45, 2.75) is 6.04 Å². The van der Waals surface area contributed by atoms with E-state index in [0.717, 1.165) is 11.4 Å². The minimum atomic E-state index is -0.235. The van der Waals surface area contributed by atoms with E-state index in [1.807, 2.05) is 24.3 Å². The van der Waals surface area contributed by atoms with Gasteiger partial charge in [0.2, 0.25) is 0 Å². The molecule has 0 aromatic heterocycles. The first-order valence-corrected chi connectivity index (χ1v) is 7.17. The van der Waals surface area contributed by atoms with Gasteiger partial charge >= 0.3 is 0 Å². The van der Waals surface area contributed by atoms with Crippen molar-refractivity contribution in [3.63, 3.8) is 0 Å². The molecule has 22 heavy (non-hydrogen) atoms. The molecule has 2 aromatic carbocycles. The van der Waals surface area contributed by atoms with Gasteiger partial charge in [-0.05, 0) is 24.3 Å². The highest BCUT2D eigenvalue weighted by Crippen LogP contribution is 2.29. The van der Waals surface area contributed by atoms with E-state index in [1.165, 1.54) is 4.90 Å². The molecule has 2 heterocycles. The van der Waals surface area contributed by atoms with Gasteiger partial charge in [-0.2, -0.15) is 0 Å². The third-order valence-electron chi connectivity index (χ3n) is 3.97. The molecule has 5 nitrogen and oxygen atoms in total. The van der Waals surface area contributed by atoms with Gasteiger partial charge in [0.1, 0.15) is 12.4 Å². The van der Waals surface area contributed by atoms with Crippen molar-refractivity contribution in [2.24, 2.45) is 0 Å². The van der Waals surface area contributed by atoms with Gasteiger partial charge < -0.3 is 10.1 Å². The zero-order valence-electron chi connectivity index (χ0n) is 11.8. The Morgan fingerprint density at radius 1 is 1.00 bits per heavy atom. The highest BCUT2D eigenvalue weighted by Gasteiger charge is 2.37. The number of nitrogens with zero attached hydrogens (tertiary/aromatic N) is 1. The first-order valence-electron chi connectivity index (χ1n) is 7.17. The second-order valence-electron chi connectivity index (χ2n) is 5.41. The van der Waals surface area contributed by atoms with Crippen LogP contribution >= 0.6 is 0 Å². The van der Waals surface area contributed by atoms with Gasteiger partial charge in [-0.1, -0.05) is 24.3 Å². The van der Waals surface area contributed by atoms with Crippen LogP contribution in [0.5, 0.6) is 5.75 Å². The van der Waals surface area contributed by atoms with Gasteiger partial charge in [-0.25, -0.2) is 0 Å². The second-order valence-corrected chi connectivity index (χ2v) is 5.41. The molecule has 2 aliphatic heterocycles. The molecule has 2 aromatic rings. The molecular weight excluding hydrogens is 280 g/mol. The molecule has 2 amide bonds. The lowest BCUT2D eigenvalue weighted by Crippen LogP contribution is -2.44. The number of rotatable bonds is 2. The maximum absolute atomic E-state index is 12.4. The number of carbonyl (C=O) groups is 2. The van der Waals surface area contributed by atoms with Crippen LogP contribution in [0.15, 0.2) is 48.5 Å². The van der Waals surface area contributed by atoms with E-state index in [0.29, 0.717) is 24.3 Å². The lowest BCUT2D eigenvalue weighted by molar-refractivity contribution is 0.0638. The summed E-state index contributed by atoms with van der Waals surface area (Å²) in [4.78, 5) is 26.0. The van der Waals surface area contributed by atoms with E-state index >= 15 is 0 Å². The van der Waals surface area contributed by atoms with Gasteiger partial charge in [0, 0.05) is 0 Å². The maximum atomic E-state index is 12.4. The molecular formula is C17H14N2O3. The largest absolute Gasteiger partial charge is 0.489 e. The van der Waals surface area contributed by atoms with Crippen molar-refractivity contribution in [2.75, 3.05) is 18.5 Å². The second kappa shape index (κ2) is 4.87. The molecule has 0 radical (unpaired) electrons. The summed E-state index contributed by atoms with van der Waals surface area (Å²) in [6.07, 6.45) is 0. The van der Waals surface area contributed by atoms with E-state index in [-0.39, 0.29) is 17.9 Å². The van der Waals surface area contributed by atoms with Crippen LogP contribution in [-0.2, 0) is 0 Å². The van der Waals surface area contributed by atoms with Gasteiger partial charge in [0.05, 0.1) is 29.4 Å². The minimum absolute atomic E-state index is 0.114. The molecule has 0 unspecified atom stereocenters. The van der Waals surface area contributed by atoms with Gasteiger partial charge in [-0.3, -0.25) is 14.5 Å². The standard InChI is InChI=1S/C17H14N2O3/c20-16-12-5-1-2-6-13(12)17(21)19(16)9-11-10-22-15-8-4-3-7-14(15)18-11/h1-8,11,18H,9-10H2/t11-/m0/s1. The number of anilines is 1. The lowest BCUT2D eigenvalue weighted by Gasteiger charge is -2.29. The van der Waals surface area contributed by atoms with E-state index in [9.17, 15) is 9.59 Å². The number of fused-ring (bicyclic) bond motifs is 2. The van der Waals surface area contributed by atoms with E-state index in [2.05, 4.69) is 5.32 Å². The molecule has 4 rings (SSSR count). The summed E-state index contributed by atoms with van der Waals surface area (Å²) in [6, 6.07) is 14.4. The zero-order valence-corrected chi connectivity index (χ0v) is 11.8. The summed E-state index contributed by atoms with van der Waals surface area (Å²) in [7, 11) is 0. The fourth-order valence-electron chi connectivity index (χ4n) is 2.89. The van der Waals surface area contributed by atoms with Crippen molar-refractivity contribution >= 4 is 17.5 Å². The SMILES string of the molecule is O=C1c2ccccc2C(=O)N1C[C@H]1COc2ccccc2N1. The first kappa shape index (κ1) is 12.9. The molecule has 1 N–H and O–H groups in total. The number of hydrogen-bond donors (Lipinski definition) is 1. The monoisotopic (exact) mass is 294 g/mol. The molecule has 110 valence electrons. The van der Waals surface area contributed by atoms with Gasteiger partial charge in [0.25, 0.3) is 11.8 Å². The summed E-state index contributed by atoms with van der Waals surface area (Å²) < 4.78 is 5.68. The Kier molecular flexibility index (Phi) is 2.85. The topological polar surface area (TPSA) is 58.6 Å². The molecule has 0 aliphatic carbocycles. The fourth-order valence-corrected chi connectivity index (χ4v) is 2.89. The van der Waals surface area contributed by atoms with Crippen molar-refractivity contribution in [1.29, 1.82) is 0 Å². The number of ether oxygens (including phenoxy) is 1. The number of para-hydroxylation sites is 2. The summed E-state index contributed by atoms with van der Waals surface area (Å²) in [5, 5.41) is 3.32. The smallest absolute Gasteiger partial charge is 0.261 e. The summed E-state index contributed by atoms with van der Waals surface area (Å²) >= 11 is 0. The van der Waals surface area contributed by atoms with Crippen LogP contribution < -0.4 is 10.1 Å². The van der Waals surface area contributed by atoms with Crippen LogP contribution in [0.25, 0.3) is 0 Å². The van der Waals surface area contributed by atoms with Gasteiger partial charge in [0.15, 0.2) is 0 Å². The average Bonchev–Trinajstić information content (AvgIpc) is 2.80. The summed E-state index contributed by atoms with van der Waals surface area (Å²) in [6.45, 7) is 0.713. The van der Waals surface area contributed by atoms with Crippen molar-refractivity contribution in [3.05, 3.63) is 59.7 Å². The number of nitrogens with one attached hydrogen (secondary N) is 1. The molecule has 0 saturated heterocycles. The Labute approximate surface area is 127 Å². The number of amides is 2. The highest BCUT2D eigenvalue weighted by atomic mass is 16.5. The van der Waals surface area contributed by atoms with Crippen molar-refractivity contribution < 1.29 is 14.3 Å². The van der Waals surface area contributed by atoms with Crippen LogP contribution in [0, 0.1) is 0 Å². The maximum Gasteiger partial charge on any atom is 0.261 e. The van der Waals surface area contributed by atoms with Crippen LogP contribution in [-0.4, -0.2) is 35.9 Å². The van der Waals surface area contributed by atoms with E-state index in [1.54, 1.807) is 24.3 Å². The lowest BCUT2D eigenvalue weighted by atomic mass is 10.1. The summed E-state index contributed by atoms with van der Waals surface area (Å²) in [5.41, 5.74) is 1.84. The van der Waals surface area contributed by atoms with Gasteiger partial charge in [-0.15, -0.1) is 0 Å². The Morgan fingerprint density at radius 3 is 2.36 bits per heavy atom. The molecule has 0 saturated carbocycles. The Hall–Kier alpha value is -2.82. The molecule has 0 fully saturated rings. The molecule has 0 bridgehead atoms. The number of benzene rings is 2. The third-order valence-corrected chi connectivity index (χ3v) is 3.97. The van der Waals surface area contributed by atoms with Crippen LogP contribution in [0.3, 0.4) is 0 Å². The van der Waals surface area contributed by atoms with Crippen molar-refractivity contribution in [3.8, 4) is 5.75 Å². The fraction of sp³-hybridized carbons (Fsp3) is 0.176. The Morgan fingerprint density at radius 2 is 1.64 bits per heavy atom. The molecule has 1 atom stereocenters. The number of carbonyl (C=O) groups excluding carboxylic acids is 2.